The zero-order chi connectivity index (χ0) is 16.2. The highest BCUT2D eigenvalue weighted by Crippen LogP contribution is 2.31. The lowest BCUT2D eigenvalue weighted by Crippen LogP contribution is -2.48. The van der Waals surface area contributed by atoms with E-state index in [4.69, 9.17) is 10.5 Å². The van der Waals surface area contributed by atoms with Crippen molar-refractivity contribution in [1.82, 2.24) is 4.90 Å². The Labute approximate surface area is 136 Å². The van der Waals surface area contributed by atoms with Crippen LogP contribution in [0.15, 0.2) is 48.5 Å². The molecule has 0 aliphatic carbocycles. The molecule has 0 bridgehead atoms. The van der Waals surface area contributed by atoms with Crippen molar-refractivity contribution in [2.24, 2.45) is 0 Å². The van der Waals surface area contributed by atoms with Crippen LogP contribution in [0, 0.1) is 0 Å². The molecule has 1 aliphatic rings. The van der Waals surface area contributed by atoms with Crippen LogP contribution in [-0.2, 0) is 0 Å². The zero-order valence-corrected chi connectivity index (χ0v) is 13.2. The molecule has 2 N–H and O–H groups in total. The third kappa shape index (κ3) is 3.23. The van der Waals surface area contributed by atoms with Crippen LogP contribution in [0.25, 0.3) is 0 Å². The maximum absolute atomic E-state index is 12.5. The summed E-state index contributed by atoms with van der Waals surface area (Å²) in [4.78, 5) is 16.6. The van der Waals surface area contributed by atoms with E-state index < -0.39 is 0 Å². The first-order valence-corrected chi connectivity index (χ1v) is 7.72. The standard InChI is InChI=1S/C18H21N3O2/c1-23-17-8-7-15(19)13-16(17)20-9-11-21(12-10-20)18(22)14-5-3-2-4-6-14/h2-8,13H,9-12,19H2,1H3. The van der Waals surface area contributed by atoms with Crippen LogP contribution in [0.3, 0.4) is 0 Å². The largest absolute Gasteiger partial charge is 0.495 e. The third-order valence-corrected chi connectivity index (χ3v) is 4.13. The van der Waals surface area contributed by atoms with Gasteiger partial charge in [-0.3, -0.25) is 4.79 Å². The number of rotatable bonds is 3. The summed E-state index contributed by atoms with van der Waals surface area (Å²) in [6, 6.07) is 15.0. The summed E-state index contributed by atoms with van der Waals surface area (Å²) in [5.41, 5.74) is 8.33. The molecule has 0 spiro atoms. The summed E-state index contributed by atoms with van der Waals surface area (Å²) in [6.45, 7) is 2.90. The smallest absolute Gasteiger partial charge is 0.253 e. The SMILES string of the molecule is COc1ccc(N)cc1N1CCN(C(=O)c2ccccc2)CC1. The summed E-state index contributed by atoms with van der Waals surface area (Å²) in [7, 11) is 1.66. The second kappa shape index (κ2) is 6.60. The van der Waals surface area contributed by atoms with E-state index in [1.54, 1.807) is 7.11 Å². The van der Waals surface area contributed by atoms with Gasteiger partial charge < -0.3 is 20.3 Å². The Hall–Kier alpha value is -2.69. The molecule has 1 fully saturated rings. The normalized spacial score (nSPS) is 14.7. The third-order valence-electron chi connectivity index (χ3n) is 4.13. The minimum absolute atomic E-state index is 0.0878. The molecule has 2 aromatic rings. The highest BCUT2D eigenvalue weighted by Gasteiger charge is 2.23. The maximum atomic E-state index is 12.5. The lowest BCUT2D eigenvalue weighted by Gasteiger charge is -2.36. The Morgan fingerprint density at radius 3 is 2.39 bits per heavy atom. The number of amides is 1. The van der Waals surface area contributed by atoms with Gasteiger partial charge in [0.25, 0.3) is 5.91 Å². The number of hydrogen-bond acceptors (Lipinski definition) is 4. The van der Waals surface area contributed by atoms with Gasteiger partial charge in [0.05, 0.1) is 12.8 Å². The van der Waals surface area contributed by atoms with Crippen LogP contribution in [0.1, 0.15) is 10.4 Å². The van der Waals surface area contributed by atoms with E-state index in [2.05, 4.69) is 4.90 Å². The molecule has 3 rings (SSSR count). The van der Waals surface area contributed by atoms with Crippen molar-refractivity contribution in [2.75, 3.05) is 43.9 Å². The van der Waals surface area contributed by atoms with Crippen LogP contribution < -0.4 is 15.4 Å². The first-order chi connectivity index (χ1) is 11.2. The molecule has 120 valence electrons. The van der Waals surface area contributed by atoms with Crippen molar-refractivity contribution in [3.8, 4) is 5.75 Å². The highest BCUT2D eigenvalue weighted by atomic mass is 16.5. The number of nitrogens with zero attached hydrogens (tertiary/aromatic N) is 2. The van der Waals surface area contributed by atoms with E-state index >= 15 is 0 Å². The fourth-order valence-electron chi connectivity index (χ4n) is 2.87. The van der Waals surface area contributed by atoms with Gasteiger partial charge in [0.2, 0.25) is 0 Å². The predicted molar refractivity (Wildman–Crippen MR) is 92.0 cm³/mol. The van der Waals surface area contributed by atoms with E-state index in [1.807, 2.05) is 53.4 Å². The minimum Gasteiger partial charge on any atom is -0.495 e. The zero-order valence-electron chi connectivity index (χ0n) is 13.2. The van der Waals surface area contributed by atoms with Crippen LogP contribution >= 0.6 is 0 Å². The minimum atomic E-state index is 0.0878. The van der Waals surface area contributed by atoms with Crippen molar-refractivity contribution in [3.05, 3.63) is 54.1 Å². The van der Waals surface area contributed by atoms with Gasteiger partial charge in [0, 0.05) is 37.4 Å². The van der Waals surface area contributed by atoms with Crippen LogP contribution in [0.2, 0.25) is 0 Å². The molecule has 23 heavy (non-hydrogen) atoms. The van der Waals surface area contributed by atoms with Crippen LogP contribution in [0.5, 0.6) is 5.75 Å². The van der Waals surface area contributed by atoms with E-state index in [0.717, 1.165) is 30.1 Å². The lowest BCUT2D eigenvalue weighted by molar-refractivity contribution is 0.0746. The molecular weight excluding hydrogens is 290 g/mol. The molecule has 5 heteroatoms. The summed E-state index contributed by atoms with van der Waals surface area (Å²) >= 11 is 0. The molecule has 1 amide bonds. The number of benzene rings is 2. The Kier molecular flexibility index (Phi) is 4.37. The molecule has 0 saturated carbocycles. The average Bonchev–Trinajstić information content (AvgIpc) is 2.62. The fourth-order valence-corrected chi connectivity index (χ4v) is 2.87. The molecule has 5 nitrogen and oxygen atoms in total. The molecule has 1 saturated heterocycles. The van der Waals surface area contributed by atoms with Gasteiger partial charge in [-0.25, -0.2) is 0 Å². The van der Waals surface area contributed by atoms with Gasteiger partial charge in [0.1, 0.15) is 5.75 Å². The second-order valence-electron chi connectivity index (χ2n) is 5.58. The van der Waals surface area contributed by atoms with E-state index in [9.17, 15) is 4.79 Å². The Bertz CT molecular complexity index is 680. The molecule has 0 radical (unpaired) electrons. The summed E-state index contributed by atoms with van der Waals surface area (Å²) in [5.74, 6) is 0.895. The van der Waals surface area contributed by atoms with Gasteiger partial charge in [0.15, 0.2) is 0 Å². The molecule has 0 atom stereocenters. The van der Waals surface area contributed by atoms with Crippen LogP contribution in [-0.4, -0.2) is 44.1 Å². The van der Waals surface area contributed by atoms with E-state index in [1.165, 1.54) is 0 Å². The predicted octanol–water partition coefficient (Wildman–Crippen LogP) is 2.24. The van der Waals surface area contributed by atoms with Gasteiger partial charge in [-0.05, 0) is 30.3 Å². The number of anilines is 2. The number of carbonyl (C=O) groups excluding carboxylic acids is 1. The summed E-state index contributed by atoms with van der Waals surface area (Å²) in [5, 5.41) is 0. The van der Waals surface area contributed by atoms with Crippen molar-refractivity contribution in [3.63, 3.8) is 0 Å². The molecule has 1 aliphatic heterocycles. The number of carbonyl (C=O) groups is 1. The fraction of sp³-hybridized carbons (Fsp3) is 0.278. The van der Waals surface area contributed by atoms with Gasteiger partial charge in [-0.2, -0.15) is 0 Å². The van der Waals surface area contributed by atoms with Gasteiger partial charge >= 0.3 is 0 Å². The van der Waals surface area contributed by atoms with Gasteiger partial charge in [-0.15, -0.1) is 0 Å². The van der Waals surface area contributed by atoms with E-state index in [0.29, 0.717) is 18.8 Å². The van der Waals surface area contributed by atoms with Crippen molar-refractivity contribution in [2.45, 2.75) is 0 Å². The number of hydrogen-bond donors (Lipinski definition) is 1. The molecule has 2 aromatic carbocycles. The monoisotopic (exact) mass is 311 g/mol. The number of nitrogen functional groups attached to an aromatic ring is 1. The van der Waals surface area contributed by atoms with Crippen molar-refractivity contribution >= 4 is 17.3 Å². The molecule has 0 unspecified atom stereocenters. The number of piperazine rings is 1. The number of methoxy groups -OCH3 is 1. The molecule has 1 heterocycles. The Balaban J connectivity index is 1.69. The maximum Gasteiger partial charge on any atom is 0.253 e. The van der Waals surface area contributed by atoms with Crippen molar-refractivity contribution in [1.29, 1.82) is 0 Å². The average molecular weight is 311 g/mol. The first-order valence-electron chi connectivity index (χ1n) is 7.72. The first kappa shape index (κ1) is 15.2. The summed E-state index contributed by atoms with van der Waals surface area (Å²) < 4.78 is 5.42. The topological polar surface area (TPSA) is 58.8 Å². The summed E-state index contributed by atoms with van der Waals surface area (Å²) in [6.07, 6.45) is 0. The highest BCUT2D eigenvalue weighted by molar-refractivity contribution is 5.94. The molecular formula is C18H21N3O2. The van der Waals surface area contributed by atoms with E-state index in [-0.39, 0.29) is 5.91 Å². The Morgan fingerprint density at radius 1 is 1.04 bits per heavy atom. The van der Waals surface area contributed by atoms with Crippen molar-refractivity contribution < 1.29 is 9.53 Å². The molecule has 0 aromatic heterocycles. The lowest BCUT2D eigenvalue weighted by atomic mass is 10.1. The quantitative estimate of drug-likeness (QED) is 0.883. The van der Waals surface area contributed by atoms with Crippen LogP contribution in [0.4, 0.5) is 11.4 Å². The number of ether oxygens (including phenoxy) is 1. The van der Waals surface area contributed by atoms with Gasteiger partial charge in [-0.1, -0.05) is 18.2 Å². The Morgan fingerprint density at radius 2 is 1.74 bits per heavy atom. The number of nitrogens with two attached hydrogens (primary N) is 1. The second-order valence-corrected chi connectivity index (χ2v) is 5.58.